The molecule has 6 heteroatoms. The van der Waals surface area contributed by atoms with Gasteiger partial charge in [-0.2, -0.15) is 0 Å². The molecule has 0 spiro atoms. The summed E-state index contributed by atoms with van der Waals surface area (Å²) in [4.78, 5) is 14.6. The van der Waals surface area contributed by atoms with Crippen molar-refractivity contribution in [2.45, 2.75) is 40.7 Å². The summed E-state index contributed by atoms with van der Waals surface area (Å²) in [6.07, 6.45) is 1.90. The first kappa shape index (κ1) is 14.7. The highest BCUT2D eigenvalue weighted by atomic mass is 32.1. The monoisotopic (exact) mass is 291 g/mol. The van der Waals surface area contributed by atoms with Gasteiger partial charge in [0.2, 0.25) is 0 Å². The molecule has 20 heavy (non-hydrogen) atoms. The van der Waals surface area contributed by atoms with E-state index >= 15 is 0 Å². The molecule has 2 rings (SSSR count). The predicted octanol–water partition coefficient (Wildman–Crippen LogP) is 3.46. The Morgan fingerprint density at radius 3 is 2.50 bits per heavy atom. The number of anilines is 2. The third kappa shape index (κ3) is 3.25. The third-order valence-electron chi connectivity index (χ3n) is 2.96. The Labute approximate surface area is 123 Å². The molecule has 0 aliphatic heterocycles. The van der Waals surface area contributed by atoms with Crippen molar-refractivity contribution < 1.29 is 0 Å². The average molecular weight is 291 g/mol. The van der Waals surface area contributed by atoms with Crippen LogP contribution in [0.5, 0.6) is 0 Å². The average Bonchev–Trinajstić information content (AvgIpc) is 2.82. The van der Waals surface area contributed by atoms with Crippen molar-refractivity contribution in [1.82, 2.24) is 15.0 Å². The molecular weight excluding hydrogens is 270 g/mol. The van der Waals surface area contributed by atoms with Crippen LogP contribution in [0.25, 0.3) is 0 Å². The van der Waals surface area contributed by atoms with E-state index in [1.807, 2.05) is 20.0 Å². The first-order valence-electron chi connectivity index (χ1n) is 6.79. The summed E-state index contributed by atoms with van der Waals surface area (Å²) >= 11 is 1.71. The molecule has 0 saturated carbocycles. The van der Waals surface area contributed by atoms with E-state index in [1.165, 1.54) is 4.88 Å². The minimum atomic E-state index is 0.135. The zero-order valence-corrected chi connectivity index (χ0v) is 13.4. The number of rotatable bonds is 5. The Hall–Kier alpha value is -1.69. The van der Waals surface area contributed by atoms with E-state index in [0.29, 0.717) is 0 Å². The van der Waals surface area contributed by atoms with Gasteiger partial charge in [0, 0.05) is 23.2 Å². The van der Waals surface area contributed by atoms with E-state index in [2.05, 4.69) is 46.4 Å². The summed E-state index contributed by atoms with van der Waals surface area (Å²) < 4.78 is 0. The first-order valence-corrected chi connectivity index (χ1v) is 7.61. The maximum absolute atomic E-state index is 4.50. The van der Waals surface area contributed by atoms with E-state index in [-0.39, 0.29) is 6.04 Å². The van der Waals surface area contributed by atoms with Crippen molar-refractivity contribution in [3.63, 3.8) is 0 Å². The third-order valence-corrected chi connectivity index (χ3v) is 4.06. The van der Waals surface area contributed by atoms with Gasteiger partial charge in [0.05, 0.1) is 6.04 Å². The fourth-order valence-electron chi connectivity index (χ4n) is 1.95. The number of aromatic nitrogens is 3. The van der Waals surface area contributed by atoms with Crippen molar-refractivity contribution in [1.29, 1.82) is 0 Å². The van der Waals surface area contributed by atoms with Gasteiger partial charge in [0.1, 0.15) is 22.5 Å². The van der Waals surface area contributed by atoms with E-state index in [4.69, 9.17) is 0 Å². The Morgan fingerprint density at radius 2 is 1.90 bits per heavy atom. The van der Waals surface area contributed by atoms with Crippen LogP contribution < -0.4 is 10.6 Å². The largest absolute Gasteiger partial charge is 0.370 e. The fraction of sp³-hybridized carbons (Fsp3) is 0.500. The number of thiazole rings is 1. The van der Waals surface area contributed by atoms with Crippen molar-refractivity contribution in [3.05, 3.63) is 27.5 Å². The highest BCUT2D eigenvalue weighted by Gasteiger charge is 2.14. The molecule has 0 fully saturated rings. The van der Waals surface area contributed by atoms with Crippen molar-refractivity contribution >= 4 is 23.0 Å². The smallest absolute Gasteiger partial charge is 0.135 e. The molecule has 1 unspecified atom stereocenters. The van der Waals surface area contributed by atoms with Crippen molar-refractivity contribution in [2.75, 3.05) is 17.2 Å². The minimum Gasteiger partial charge on any atom is -0.370 e. The van der Waals surface area contributed by atoms with E-state index in [0.717, 1.165) is 34.6 Å². The molecule has 0 bridgehead atoms. The molecule has 0 aliphatic carbocycles. The lowest BCUT2D eigenvalue weighted by Crippen LogP contribution is -2.12. The van der Waals surface area contributed by atoms with Crippen LogP contribution in [0.3, 0.4) is 0 Å². The van der Waals surface area contributed by atoms with Gasteiger partial charge in [0.15, 0.2) is 0 Å². The van der Waals surface area contributed by atoms with Crippen LogP contribution in [0.1, 0.15) is 41.2 Å². The molecule has 0 saturated heterocycles. The molecule has 0 aliphatic rings. The molecule has 0 radical (unpaired) electrons. The van der Waals surface area contributed by atoms with Crippen molar-refractivity contribution in [3.8, 4) is 0 Å². The molecule has 2 aromatic rings. The minimum absolute atomic E-state index is 0.135. The maximum atomic E-state index is 4.50. The summed E-state index contributed by atoms with van der Waals surface area (Å²) in [5.74, 6) is 2.52. The van der Waals surface area contributed by atoms with Crippen LogP contribution in [0.15, 0.2) is 6.20 Å². The Balaban J connectivity index is 2.24. The van der Waals surface area contributed by atoms with Gasteiger partial charge < -0.3 is 10.6 Å². The van der Waals surface area contributed by atoms with Crippen LogP contribution in [-0.2, 0) is 0 Å². The van der Waals surface area contributed by atoms with E-state index < -0.39 is 0 Å². The standard InChI is InChI=1S/C14H21N5S/c1-6-15-12-9(3)13(19-11(5)18-12)17-10(4)14-16-7-8(2)20-14/h7,10H,6H2,1-5H3,(H2,15,17,18,19). The summed E-state index contributed by atoms with van der Waals surface area (Å²) in [6.45, 7) is 11.0. The number of aryl methyl sites for hydroxylation is 2. The highest BCUT2D eigenvalue weighted by Crippen LogP contribution is 2.26. The summed E-state index contributed by atoms with van der Waals surface area (Å²) in [5.41, 5.74) is 1.04. The molecule has 0 amide bonds. The Bertz CT molecular complexity index is 593. The summed E-state index contributed by atoms with van der Waals surface area (Å²) in [5, 5.41) is 7.78. The topological polar surface area (TPSA) is 62.7 Å². The van der Waals surface area contributed by atoms with Crippen LogP contribution in [0.4, 0.5) is 11.6 Å². The molecular formula is C14H21N5S. The molecule has 5 nitrogen and oxygen atoms in total. The van der Waals surface area contributed by atoms with Crippen LogP contribution in [0, 0.1) is 20.8 Å². The predicted molar refractivity (Wildman–Crippen MR) is 84.6 cm³/mol. The van der Waals surface area contributed by atoms with Gasteiger partial charge in [0.25, 0.3) is 0 Å². The van der Waals surface area contributed by atoms with E-state index in [1.54, 1.807) is 11.3 Å². The van der Waals surface area contributed by atoms with Gasteiger partial charge >= 0.3 is 0 Å². The fourth-order valence-corrected chi connectivity index (χ4v) is 2.72. The normalized spacial score (nSPS) is 12.2. The van der Waals surface area contributed by atoms with Gasteiger partial charge in [-0.3, -0.25) is 0 Å². The van der Waals surface area contributed by atoms with Crippen molar-refractivity contribution in [2.24, 2.45) is 0 Å². The second-order valence-corrected chi connectivity index (χ2v) is 6.06. The van der Waals surface area contributed by atoms with Gasteiger partial charge in [-0.25, -0.2) is 15.0 Å². The van der Waals surface area contributed by atoms with Gasteiger partial charge in [-0.15, -0.1) is 11.3 Å². The lowest BCUT2D eigenvalue weighted by molar-refractivity contribution is 0.850. The number of nitrogens with one attached hydrogen (secondary N) is 2. The molecule has 2 aromatic heterocycles. The van der Waals surface area contributed by atoms with Gasteiger partial charge in [-0.05, 0) is 34.6 Å². The molecule has 1 atom stereocenters. The van der Waals surface area contributed by atoms with Gasteiger partial charge in [-0.1, -0.05) is 0 Å². The lowest BCUT2D eigenvalue weighted by Gasteiger charge is -2.16. The quantitative estimate of drug-likeness (QED) is 0.883. The Kier molecular flexibility index (Phi) is 4.54. The summed E-state index contributed by atoms with van der Waals surface area (Å²) in [7, 11) is 0. The zero-order valence-electron chi connectivity index (χ0n) is 12.6. The number of hydrogen-bond acceptors (Lipinski definition) is 6. The molecule has 0 aromatic carbocycles. The van der Waals surface area contributed by atoms with Crippen LogP contribution >= 0.6 is 11.3 Å². The lowest BCUT2D eigenvalue weighted by atomic mass is 10.2. The number of hydrogen-bond donors (Lipinski definition) is 2. The second-order valence-electron chi connectivity index (χ2n) is 4.80. The first-order chi connectivity index (χ1) is 9.51. The summed E-state index contributed by atoms with van der Waals surface area (Å²) in [6, 6.07) is 0.135. The number of nitrogens with zero attached hydrogens (tertiary/aromatic N) is 3. The van der Waals surface area contributed by atoms with Crippen LogP contribution in [-0.4, -0.2) is 21.5 Å². The Morgan fingerprint density at radius 1 is 1.20 bits per heavy atom. The van der Waals surface area contributed by atoms with E-state index in [9.17, 15) is 0 Å². The molecule has 2 N–H and O–H groups in total. The second kappa shape index (κ2) is 6.17. The zero-order chi connectivity index (χ0) is 14.7. The maximum Gasteiger partial charge on any atom is 0.135 e. The van der Waals surface area contributed by atoms with Crippen LogP contribution in [0.2, 0.25) is 0 Å². The SMILES string of the molecule is CCNc1nc(C)nc(NC(C)c2ncc(C)s2)c1C. The molecule has 108 valence electrons. The highest BCUT2D eigenvalue weighted by molar-refractivity contribution is 7.11. The molecule has 2 heterocycles.